The zero-order valence-corrected chi connectivity index (χ0v) is 11.3. The Balaban J connectivity index is 1.99. The van der Waals surface area contributed by atoms with E-state index in [0.29, 0.717) is 5.92 Å². The second-order valence-corrected chi connectivity index (χ2v) is 5.29. The Morgan fingerprint density at radius 3 is 2.61 bits per heavy atom. The van der Waals surface area contributed by atoms with Crippen LogP contribution < -0.4 is 4.74 Å². The van der Waals surface area contributed by atoms with Gasteiger partial charge >= 0.3 is 0 Å². The van der Waals surface area contributed by atoms with Gasteiger partial charge in [-0.15, -0.1) is 0 Å². The van der Waals surface area contributed by atoms with E-state index in [1.807, 2.05) is 0 Å². The summed E-state index contributed by atoms with van der Waals surface area (Å²) in [5, 5.41) is 9.87. The average molecular weight is 248 g/mol. The molecule has 1 aromatic carbocycles. The molecule has 18 heavy (non-hydrogen) atoms. The molecule has 2 rings (SSSR count). The largest absolute Gasteiger partial charge is 0.494 e. The molecule has 0 aromatic heterocycles. The van der Waals surface area contributed by atoms with Crippen LogP contribution in [0.2, 0.25) is 0 Å². The highest BCUT2D eigenvalue weighted by Gasteiger charge is 2.19. The monoisotopic (exact) mass is 248 g/mol. The molecule has 1 aromatic rings. The minimum Gasteiger partial charge on any atom is -0.494 e. The van der Waals surface area contributed by atoms with Crippen LogP contribution in [0.25, 0.3) is 0 Å². The number of hydrogen-bond acceptors (Lipinski definition) is 2. The fraction of sp³-hybridized carbons (Fsp3) is 0.625. The number of aliphatic hydroxyl groups excluding tert-OH is 1. The SMILES string of the molecule is CCCOc1ccc(C2CCCCC(O)C2)cc1. The smallest absolute Gasteiger partial charge is 0.119 e. The van der Waals surface area contributed by atoms with E-state index in [9.17, 15) is 5.11 Å². The van der Waals surface area contributed by atoms with Gasteiger partial charge in [-0.3, -0.25) is 0 Å². The number of benzene rings is 1. The molecule has 2 atom stereocenters. The van der Waals surface area contributed by atoms with Gasteiger partial charge in [0, 0.05) is 0 Å². The Labute approximate surface area is 110 Å². The van der Waals surface area contributed by atoms with Gasteiger partial charge in [0.25, 0.3) is 0 Å². The van der Waals surface area contributed by atoms with Crippen molar-refractivity contribution >= 4 is 0 Å². The van der Waals surface area contributed by atoms with Crippen molar-refractivity contribution in [2.75, 3.05) is 6.61 Å². The summed E-state index contributed by atoms with van der Waals surface area (Å²) < 4.78 is 5.59. The zero-order valence-electron chi connectivity index (χ0n) is 11.3. The van der Waals surface area contributed by atoms with E-state index in [2.05, 4.69) is 31.2 Å². The predicted molar refractivity (Wildman–Crippen MR) is 74.1 cm³/mol. The first-order valence-electron chi connectivity index (χ1n) is 7.20. The molecule has 1 N–H and O–H groups in total. The number of ether oxygens (including phenoxy) is 1. The Kier molecular flexibility index (Phi) is 5.06. The minimum absolute atomic E-state index is 0.117. The summed E-state index contributed by atoms with van der Waals surface area (Å²) in [5.74, 6) is 1.47. The molecule has 100 valence electrons. The van der Waals surface area contributed by atoms with E-state index >= 15 is 0 Å². The first-order chi connectivity index (χ1) is 8.79. The van der Waals surface area contributed by atoms with Crippen molar-refractivity contribution < 1.29 is 9.84 Å². The standard InChI is InChI=1S/C16H24O2/c1-2-11-18-16-9-7-13(8-10-16)14-5-3-4-6-15(17)12-14/h7-10,14-15,17H,2-6,11-12H2,1H3. The molecule has 0 amide bonds. The zero-order chi connectivity index (χ0) is 12.8. The van der Waals surface area contributed by atoms with E-state index in [-0.39, 0.29) is 6.10 Å². The molecule has 2 heteroatoms. The van der Waals surface area contributed by atoms with Gasteiger partial charge in [0.05, 0.1) is 12.7 Å². The molecule has 1 aliphatic rings. The van der Waals surface area contributed by atoms with E-state index in [0.717, 1.165) is 38.0 Å². The van der Waals surface area contributed by atoms with Gasteiger partial charge in [0.2, 0.25) is 0 Å². The number of hydrogen-bond donors (Lipinski definition) is 1. The first-order valence-corrected chi connectivity index (χ1v) is 7.20. The molecule has 2 unspecified atom stereocenters. The predicted octanol–water partition coefficient (Wildman–Crippen LogP) is 3.88. The van der Waals surface area contributed by atoms with Crippen LogP contribution in [0.3, 0.4) is 0 Å². The second kappa shape index (κ2) is 6.79. The quantitative estimate of drug-likeness (QED) is 0.819. The van der Waals surface area contributed by atoms with Crippen molar-refractivity contribution in [1.82, 2.24) is 0 Å². The highest BCUT2D eigenvalue weighted by molar-refractivity contribution is 5.29. The molecule has 0 radical (unpaired) electrons. The van der Waals surface area contributed by atoms with Crippen LogP contribution in [0.4, 0.5) is 0 Å². The molecule has 1 saturated carbocycles. The van der Waals surface area contributed by atoms with Crippen LogP contribution in [0.1, 0.15) is 56.9 Å². The Hall–Kier alpha value is -1.02. The summed E-state index contributed by atoms with van der Waals surface area (Å²) in [6.07, 6.45) is 6.39. The highest BCUT2D eigenvalue weighted by atomic mass is 16.5. The number of rotatable bonds is 4. The number of aliphatic hydroxyl groups is 1. The van der Waals surface area contributed by atoms with E-state index in [4.69, 9.17) is 4.74 Å². The lowest BCUT2D eigenvalue weighted by molar-refractivity contribution is 0.152. The summed E-state index contributed by atoms with van der Waals surface area (Å²) in [5.41, 5.74) is 1.35. The maximum absolute atomic E-state index is 9.87. The second-order valence-electron chi connectivity index (χ2n) is 5.29. The summed E-state index contributed by atoms with van der Waals surface area (Å²) in [6, 6.07) is 8.44. The molecule has 0 spiro atoms. The van der Waals surface area contributed by atoms with Gasteiger partial charge in [-0.2, -0.15) is 0 Å². The molecule has 0 bridgehead atoms. The van der Waals surface area contributed by atoms with Crippen molar-refractivity contribution in [3.05, 3.63) is 29.8 Å². The van der Waals surface area contributed by atoms with Gasteiger partial charge in [-0.05, 0) is 49.3 Å². The Bertz CT molecular complexity index is 345. The molecule has 0 aliphatic heterocycles. The normalized spacial score (nSPS) is 24.6. The highest BCUT2D eigenvalue weighted by Crippen LogP contribution is 2.32. The van der Waals surface area contributed by atoms with Gasteiger partial charge in [-0.1, -0.05) is 31.9 Å². The lowest BCUT2D eigenvalue weighted by atomic mass is 9.91. The maximum Gasteiger partial charge on any atom is 0.119 e. The maximum atomic E-state index is 9.87. The lowest BCUT2D eigenvalue weighted by Gasteiger charge is -2.17. The third-order valence-corrected chi connectivity index (χ3v) is 3.72. The lowest BCUT2D eigenvalue weighted by Crippen LogP contribution is -2.09. The van der Waals surface area contributed by atoms with Crippen molar-refractivity contribution in [1.29, 1.82) is 0 Å². The summed E-state index contributed by atoms with van der Waals surface area (Å²) in [7, 11) is 0. The summed E-state index contributed by atoms with van der Waals surface area (Å²) in [4.78, 5) is 0. The Morgan fingerprint density at radius 1 is 1.17 bits per heavy atom. The van der Waals surface area contributed by atoms with E-state index in [1.54, 1.807) is 0 Å². The first kappa shape index (κ1) is 13.4. The molecule has 0 heterocycles. The fourth-order valence-electron chi connectivity index (χ4n) is 2.69. The van der Waals surface area contributed by atoms with Crippen LogP contribution in [0, 0.1) is 0 Å². The van der Waals surface area contributed by atoms with Crippen molar-refractivity contribution in [3.8, 4) is 5.75 Å². The average Bonchev–Trinajstić information content (AvgIpc) is 2.62. The third-order valence-electron chi connectivity index (χ3n) is 3.72. The van der Waals surface area contributed by atoms with Gasteiger partial charge in [0.1, 0.15) is 5.75 Å². The fourth-order valence-corrected chi connectivity index (χ4v) is 2.69. The third kappa shape index (κ3) is 3.74. The van der Waals surface area contributed by atoms with Crippen LogP contribution in [0.15, 0.2) is 24.3 Å². The molecule has 1 fully saturated rings. The topological polar surface area (TPSA) is 29.5 Å². The molecule has 1 aliphatic carbocycles. The van der Waals surface area contributed by atoms with Gasteiger partial charge in [0.15, 0.2) is 0 Å². The van der Waals surface area contributed by atoms with Crippen LogP contribution >= 0.6 is 0 Å². The summed E-state index contributed by atoms with van der Waals surface area (Å²) >= 11 is 0. The molecule has 0 saturated heterocycles. The van der Waals surface area contributed by atoms with Crippen molar-refractivity contribution in [2.45, 2.75) is 57.5 Å². The van der Waals surface area contributed by atoms with Crippen LogP contribution in [0.5, 0.6) is 5.75 Å². The Morgan fingerprint density at radius 2 is 1.89 bits per heavy atom. The van der Waals surface area contributed by atoms with Gasteiger partial charge in [-0.25, -0.2) is 0 Å². The minimum atomic E-state index is -0.117. The van der Waals surface area contributed by atoms with E-state index < -0.39 is 0 Å². The van der Waals surface area contributed by atoms with E-state index in [1.165, 1.54) is 18.4 Å². The van der Waals surface area contributed by atoms with Crippen LogP contribution in [-0.2, 0) is 0 Å². The van der Waals surface area contributed by atoms with Gasteiger partial charge < -0.3 is 9.84 Å². The molecular formula is C16H24O2. The van der Waals surface area contributed by atoms with Crippen molar-refractivity contribution in [2.24, 2.45) is 0 Å². The molecule has 2 nitrogen and oxygen atoms in total. The summed E-state index contributed by atoms with van der Waals surface area (Å²) in [6.45, 7) is 2.89. The molecular weight excluding hydrogens is 224 g/mol. The van der Waals surface area contributed by atoms with Crippen LogP contribution in [-0.4, -0.2) is 17.8 Å². The van der Waals surface area contributed by atoms with Crippen molar-refractivity contribution in [3.63, 3.8) is 0 Å².